The van der Waals surface area contributed by atoms with Gasteiger partial charge in [-0.15, -0.1) is 0 Å². The third kappa shape index (κ3) is 7.16. The van der Waals surface area contributed by atoms with Crippen molar-refractivity contribution in [3.8, 4) is 0 Å². The Bertz CT molecular complexity index is 1430. The van der Waals surface area contributed by atoms with Crippen molar-refractivity contribution >= 4 is 106 Å². The summed E-state index contributed by atoms with van der Waals surface area (Å²) in [4.78, 5) is 25.6. The Morgan fingerprint density at radius 1 is 1.00 bits per heavy atom. The minimum Gasteiger partial charge on any atom is -0.448 e. The average Bonchev–Trinajstić information content (AvgIpc) is 2.74. The van der Waals surface area contributed by atoms with Gasteiger partial charge in [0.1, 0.15) is 5.75 Å². The monoisotopic (exact) mass is 845 g/mol. The Hall–Kier alpha value is -1.25. The van der Waals surface area contributed by atoms with Crippen molar-refractivity contribution in [2.75, 3.05) is 11.1 Å². The number of amides is 1. The molecule has 0 spiro atoms. The fourth-order valence-corrected chi connectivity index (χ4v) is 6.12. The molecule has 35 heavy (non-hydrogen) atoms. The molecule has 1 unspecified atom stereocenters. The number of ether oxygens (including phenoxy) is 1. The summed E-state index contributed by atoms with van der Waals surface area (Å²) < 4.78 is 77.2. The van der Waals surface area contributed by atoms with Gasteiger partial charge < -0.3 is 10.1 Å². The van der Waals surface area contributed by atoms with Gasteiger partial charge in [-0.3, -0.25) is 9.35 Å². The number of hydrogen-bond acceptors (Lipinski definition) is 5. The van der Waals surface area contributed by atoms with Crippen LogP contribution in [0.15, 0.2) is 48.5 Å². The number of esters is 1. The highest BCUT2D eigenvalue weighted by Gasteiger charge is 2.45. The molecule has 14 heteroatoms. The highest BCUT2D eigenvalue weighted by atomic mass is 127. The minimum atomic E-state index is -5.23. The topological polar surface area (TPSA) is 110 Å². The average molecular weight is 845 g/mol. The van der Waals surface area contributed by atoms with Gasteiger partial charge in [-0.1, -0.05) is 24.3 Å². The van der Waals surface area contributed by atoms with Crippen LogP contribution >= 0.6 is 67.8 Å². The van der Waals surface area contributed by atoms with E-state index in [-0.39, 0.29) is 10.9 Å². The molecule has 7 nitrogen and oxygen atoms in total. The molecule has 0 bridgehead atoms. The van der Waals surface area contributed by atoms with Crippen LogP contribution < -0.4 is 5.32 Å². The van der Waals surface area contributed by atoms with E-state index in [1.54, 1.807) is 18.2 Å². The van der Waals surface area contributed by atoms with Gasteiger partial charge in [0, 0.05) is 21.8 Å². The van der Waals surface area contributed by atoms with Gasteiger partial charge in [-0.25, -0.2) is 4.79 Å². The Balaban J connectivity index is 1.97. The molecule has 0 heterocycles. The summed E-state index contributed by atoms with van der Waals surface area (Å²) in [7, 11) is -5.08. The van der Waals surface area contributed by atoms with Crippen molar-refractivity contribution in [2.45, 2.75) is 12.3 Å². The third-order valence-corrected chi connectivity index (χ3v) is 9.00. The molecule has 2 N–H and O–H groups in total. The number of benzene rings is 3. The molecule has 0 aliphatic heterocycles. The first-order valence-corrected chi connectivity index (χ1v) is 14.2. The molecule has 0 aromatic heterocycles. The molecule has 0 saturated heterocycles. The van der Waals surface area contributed by atoms with E-state index in [2.05, 4.69) is 77.8 Å². The van der Waals surface area contributed by atoms with E-state index in [0.717, 1.165) is 10.7 Å². The number of halogens is 6. The number of hydrogen-bond donors (Lipinski definition) is 2. The number of carbonyl (C=O) groups excluding carboxylic acids is 2. The molecule has 186 valence electrons. The van der Waals surface area contributed by atoms with Crippen LogP contribution in [0.1, 0.15) is 20.7 Å². The first-order chi connectivity index (χ1) is 16.2. The number of anilines is 1. The van der Waals surface area contributed by atoms with Crippen molar-refractivity contribution < 1.29 is 40.5 Å². The van der Waals surface area contributed by atoms with Crippen LogP contribution in [0.5, 0.6) is 0 Å². The van der Waals surface area contributed by atoms with E-state index in [1.807, 2.05) is 6.07 Å². The maximum absolute atomic E-state index is 13.2. The molecule has 1 atom stereocenters. The van der Waals surface area contributed by atoms with E-state index in [9.17, 15) is 31.2 Å². The van der Waals surface area contributed by atoms with Gasteiger partial charge in [-0.05, 0) is 97.4 Å². The fourth-order valence-electron chi connectivity index (χ4n) is 3.08. The van der Waals surface area contributed by atoms with Crippen molar-refractivity contribution in [3.05, 3.63) is 70.4 Å². The van der Waals surface area contributed by atoms with Gasteiger partial charge in [0.25, 0.3) is 16.0 Å². The number of nitrogens with one attached hydrogen (secondary N) is 1. The third-order valence-electron chi connectivity index (χ3n) is 4.61. The molecule has 3 rings (SSSR count). The summed E-state index contributed by atoms with van der Waals surface area (Å²) >= 11 is 6.25. The first kappa shape index (κ1) is 28.3. The lowest BCUT2D eigenvalue weighted by atomic mass is 10.0. The zero-order chi connectivity index (χ0) is 26.1. The number of rotatable bonds is 6. The van der Waals surface area contributed by atoms with Crippen molar-refractivity contribution in [1.29, 1.82) is 0 Å². The summed E-state index contributed by atoms with van der Waals surface area (Å²) in [6.45, 7) is 0. The zero-order valence-corrected chi connectivity index (χ0v) is 24.4. The van der Waals surface area contributed by atoms with Gasteiger partial charge >= 0.3 is 12.1 Å². The number of fused-ring (bicyclic) bond motifs is 1. The minimum absolute atomic E-state index is 0.176. The summed E-state index contributed by atoms with van der Waals surface area (Å²) in [5.74, 6) is -3.69. The lowest BCUT2D eigenvalue weighted by molar-refractivity contribution is -0.197. The van der Waals surface area contributed by atoms with E-state index in [0.29, 0.717) is 16.6 Å². The molecule has 3 aromatic rings. The summed E-state index contributed by atoms with van der Waals surface area (Å²) in [5.41, 5.74) is 0.450. The Kier molecular flexibility index (Phi) is 8.91. The molecule has 1 amide bonds. The second-order valence-corrected chi connectivity index (χ2v) is 12.1. The molecule has 0 fully saturated rings. The second kappa shape index (κ2) is 11.0. The van der Waals surface area contributed by atoms with Crippen LogP contribution in [0.4, 0.5) is 18.9 Å². The Morgan fingerprint density at radius 2 is 1.63 bits per heavy atom. The summed E-state index contributed by atoms with van der Waals surface area (Å²) in [6, 6.07) is 12.3. The first-order valence-electron chi connectivity index (χ1n) is 9.38. The maximum atomic E-state index is 13.2. The van der Waals surface area contributed by atoms with E-state index >= 15 is 0 Å². The van der Waals surface area contributed by atoms with E-state index < -0.39 is 40.0 Å². The summed E-state index contributed by atoms with van der Waals surface area (Å²) in [6.07, 6.45) is -8.29. The molecular formula is C21H13F3I3NO6S. The summed E-state index contributed by atoms with van der Waals surface area (Å²) in [5, 5.41) is 3.29. The quantitative estimate of drug-likeness (QED) is 0.139. The largest absolute Gasteiger partial charge is 0.448 e. The number of carbonyl (C=O) groups is 2. The Labute approximate surface area is 238 Å². The smallest absolute Gasteiger partial charge is 0.426 e. The molecule has 0 radical (unpaired) electrons. The normalized spacial score (nSPS) is 12.9. The van der Waals surface area contributed by atoms with Crippen LogP contribution in [0.25, 0.3) is 10.8 Å². The molecule has 0 aliphatic rings. The van der Waals surface area contributed by atoms with Gasteiger partial charge in [0.05, 0.1) is 11.1 Å². The highest BCUT2D eigenvalue weighted by molar-refractivity contribution is 14.1. The predicted molar refractivity (Wildman–Crippen MR) is 148 cm³/mol. The van der Waals surface area contributed by atoms with Crippen molar-refractivity contribution in [2.24, 2.45) is 0 Å². The second-order valence-electron chi connectivity index (χ2n) is 7.09. The molecule has 0 saturated carbocycles. The van der Waals surface area contributed by atoms with Crippen LogP contribution in [-0.2, 0) is 14.9 Å². The molecular weight excluding hydrogens is 832 g/mol. The Morgan fingerprint density at radius 3 is 2.23 bits per heavy atom. The van der Waals surface area contributed by atoms with Crippen LogP contribution in [0.3, 0.4) is 0 Å². The molecule has 0 aliphatic carbocycles. The van der Waals surface area contributed by atoms with Crippen LogP contribution in [-0.4, -0.2) is 42.9 Å². The fraction of sp³-hybridized carbons (Fsp3) is 0.143. The lowest BCUT2D eigenvalue weighted by Crippen LogP contribution is -2.39. The maximum Gasteiger partial charge on any atom is 0.426 e. The number of alkyl halides is 3. The van der Waals surface area contributed by atoms with E-state index in [4.69, 9.17) is 4.55 Å². The van der Waals surface area contributed by atoms with Crippen LogP contribution in [0.2, 0.25) is 0 Å². The van der Waals surface area contributed by atoms with Gasteiger partial charge in [-0.2, -0.15) is 21.6 Å². The highest BCUT2D eigenvalue weighted by Crippen LogP contribution is 2.31. The van der Waals surface area contributed by atoms with Gasteiger partial charge in [0.2, 0.25) is 6.10 Å². The predicted octanol–water partition coefficient (Wildman–Crippen LogP) is 5.88. The van der Waals surface area contributed by atoms with Crippen LogP contribution in [0, 0.1) is 10.7 Å². The zero-order valence-electron chi connectivity index (χ0n) is 17.1. The molecule has 3 aromatic carbocycles. The van der Waals surface area contributed by atoms with Crippen molar-refractivity contribution in [1.82, 2.24) is 0 Å². The lowest BCUT2D eigenvalue weighted by Gasteiger charge is -2.20. The standard InChI is InChI=1S/C21H13F3I3NO6S/c22-21(23,24)17(9-35(31,32)33)34-20(30)13-5-6-16(12-4-2-1-3-11(12)13)28-19(29)14-7-10(25)8-15(26)18(14)27/h1-8,17H,9H2,(H,28,29)(H,31,32,33). The van der Waals surface area contributed by atoms with Crippen molar-refractivity contribution in [3.63, 3.8) is 0 Å². The van der Waals surface area contributed by atoms with E-state index in [1.165, 1.54) is 24.3 Å². The van der Waals surface area contributed by atoms with Gasteiger partial charge in [0.15, 0.2) is 0 Å². The SMILES string of the molecule is O=C(Nc1ccc(C(=O)OC(CS(=O)(=O)O)C(F)(F)F)c2ccccc12)c1cc(I)cc(I)c1I.